The molecule has 0 radical (unpaired) electrons. The zero-order chi connectivity index (χ0) is 19.5. The zero-order valence-corrected chi connectivity index (χ0v) is 15.0. The molecule has 0 unspecified atom stereocenters. The van der Waals surface area contributed by atoms with Gasteiger partial charge in [-0.1, -0.05) is 18.2 Å². The van der Waals surface area contributed by atoms with Gasteiger partial charge in [0, 0.05) is 6.20 Å². The Morgan fingerprint density at radius 2 is 2.27 bits per heavy atom. The van der Waals surface area contributed by atoms with Crippen molar-refractivity contribution in [2.45, 2.75) is 44.7 Å². The van der Waals surface area contributed by atoms with E-state index < -0.39 is 0 Å². The monoisotopic (exact) mass is 351 g/mol. The number of para-hydroxylation sites is 2. The van der Waals surface area contributed by atoms with E-state index >= 15 is 0 Å². The molecule has 2 aromatic heterocycles. The lowest BCUT2D eigenvalue weighted by molar-refractivity contribution is 0.159. The largest absolute Gasteiger partial charge is 0.341 e. The van der Waals surface area contributed by atoms with Gasteiger partial charge >= 0.3 is 0 Å². The number of rotatable bonds is 7. The summed E-state index contributed by atoms with van der Waals surface area (Å²) < 4.78 is 15.9. The van der Waals surface area contributed by atoms with Gasteiger partial charge in [-0.2, -0.15) is 0 Å². The number of H-pyrrole nitrogens is 1. The van der Waals surface area contributed by atoms with Crippen LogP contribution in [0.2, 0.25) is 0 Å². The van der Waals surface area contributed by atoms with Crippen molar-refractivity contribution in [2.24, 2.45) is 5.73 Å². The summed E-state index contributed by atoms with van der Waals surface area (Å²) >= 11 is 0. The molecule has 3 aromatic rings. The number of hydrogen-bond acceptors (Lipinski definition) is 4. The molecule has 26 heavy (non-hydrogen) atoms. The van der Waals surface area contributed by atoms with E-state index in [1.165, 1.54) is 11.3 Å². The molecule has 1 aliphatic carbocycles. The topological polar surface area (TPSA) is 70.8 Å². The highest BCUT2D eigenvalue weighted by molar-refractivity contribution is 5.74. The van der Waals surface area contributed by atoms with Crippen molar-refractivity contribution in [3.05, 3.63) is 59.6 Å². The Labute approximate surface area is 157 Å². The van der Waals surface area contributed by atoms with Gasteiger partial charge in [0.25, 0.3) is 0 Å². The molecule has 136 valence electrons. The number of aromatic nitrogens is 3. The summed E-state index contributed by atoms with van der Waals surface area (Å²) in [5.74, 6) is 0.838. The fraction of sp³-hybridized carbons (Fsp3) is 0.429. The lowest BCUT2D eigenvalue weighted by atomic mass is 9.90. The number of aromatic amines is 1. The summed E-state index contributed by atoms with van der Waals surface area (Å²) in [6.45, 7) is 2.31. The lowest BCUT2D eigenvalue weighted by Gasteiger charge is -2.34. The van der Waals surface area contributed by atoms with Gasteiger partial charge in [-0.25, -0.2) is 4.98 Å². The first-order chi connectivity index (χ1) is 13.7. The smallest absolute Gasteiger partial charge is 0.121 e. The maximum Gasteiger partial charge on any atom is 0.121 e. The second-order valence-electron chi connectivity index (χ2n) is 6.97. The number of fused-ring (bicyclic) bond motifs is 2. The average Bonchev–Trinajstić information content (AvgIpc) is 3.13. The first-order valence-electron chi connectivity index (χ1n) is 10.5. The molecule has 0 saturated carbocycles. The summed E-state index contributed by atoms with van der Waals surface area (Å²) in [6.07, 6.45) is 7.27. The third kappa shape index (κ3) is 3.64. The molecular weight excluding hydrogens is 322 g/mol. The molecule has 3 N–H and O–H groups in total. The molecule has 5 heteroatoms. The van der Waals surface area contributed by atoms with Crippen LogP contribution in [0, 0.1) is 0 Å². The van der Waals surface area contributed by atoms with Crippen LogP contribution in [0.15, 0.2) is 42.5 Å². The third-order valence-corrected chi connectivity index (χ3v) is 5.16. The maximum atomic E-state index is 8.10. The van der Waals surface area contributed by atoms with Crippen LogP contribution in [-0.4, -0.2) is 32.9 Å². The van der Waals surface area contributed by atoms with Gasteiger partial charge in [-0.15, -0.1) is 0 Å². The summed E-state index contributed by atoms with van der Waals surface area (Å²) in [4.78, 5) is 15.1. The van der Waals surface area contributed by atoms with Crippen molar-refractivity contribution >= 4 is 11.0 Å². The molecule has 4 rings (SSSR count). The Balaban J connectivity index is 1.63. The quantitative estimate of drug-likeness (QED) is 0.638. The van der Waals surface area contributed by atoms with Crippen molar-refractivity contribution in [1.82, 2.24) is 19.9 Å². The van der Waals surface area contributed by atoms with Crippen LogP contribution in [0.4, 0.5) is 0 Å². The van der Waals surface area contributed by atoms with Crippen molar-refractivity contribution in [2.75, 3.05) is 13.1 Å². The van der Waals surface area contributed by atoms with Gasteiger partial charge in [0.05, 0.1) is 32.1 Å². The number of aryl methyl sites for hydroxylation is 1. The molecule has 0 amide bonds. The molecule has 1 aliphatic rings. The molecule has 5 nitrogen and oxygen atoms in total. The van der Waals surface area contributed by atoms with Crippen LogP contribution in [0.25, 0.3) is 11.0 Å². The highest BCUT2D eigenvalue weighted by Crippen LogP contribution is 2.33. The standard InChI is InChI=1S/C21H27N5/c22-12-3-4-14-26(15-20-24-17-9-1-2-10-18(17)25-20)19-11-5-7-16-8-6-13-23-21(16)19/h1-2,6,8-10,13,19H,3-5,7,11-12,14-15,22H2,(H,24,25)/t19-/m0/s1/i1D,9D. The van der Waals surface area contributed by atoms with Crippen molar-refractivity contribution in [1.29, 1.82) is 0 Å². The Morgan fingerprint density at radius 3 is 3.19 bits per heavy atom. The van der Waals surface area contributed by atoms with Crippen molar-refractivity contribution < 1.29 is 2.74 Å². The SMILES string of the molecule is [2H]c1ccc2[nH]c(CN(CCCCN)[C@H]3CCCc4cccnc43)nc2c1[2H]. The maximum absolute atomic E-state index is 8.10. The zero-order valence-electron chi connectivity index (χ0n) is 17.0. The highest BCUT2D eigenvalue weighted by atomic mass is 15.2. The normalized spacial score (nSPS) is 18.0. The Morgan fingerprint density at radius 1 is 1.31 bits per heavy atom. The van der Waals surface area contributed by atoms with Crippen molar-refractivity contribution in [3.8, 4) is 0 Å². The molecule has 2 heterocycles. The lowest BCUT2D eigenvalue weighted by Crippen LogP contribution is -2.33. The molecule has 1 atom stereocenters. The van der Waals surface area contributed by atoms with Crippen LogP contribution in [0.1, 0.15) is 51.5 Å². The Kier molecular flexibility index (Phi) is 4.56. The summed E-state index contributed by atoms with van der Waals surface area (Å²) in [5.41, 5.74) is 9.65. The first-order valence-corrected chi connectivity index (χ1v) is 9.50. The van der Waals surface area contributed by atoms with Crippen LogP contribution in [0.3, 0.4) is 0 Å². The van der Waals surface area contributed by atoms with E-state index in [1.54, 1.807) is 6.07 Å². The van der Waals surface area contributed by atoms with E-state index in [0.717, 1.165) is 50.0 Å². The van der Waals surface area contributed by atoms with Crippen LogP contribution in [0.5, 0.6) is 0 Å². The number of nitrogens with two attached hydrogens (primary N) is 1. The van der Waals surface area contributed by atoms with E-state index in [0.29, 0.717) is 18.6 Å². The average molecular weight is 351 g/mol. The highest BCUT2D eigenvalue weighted by Gasteiger charge is 2.27. The molecule has 0 fully saturated rings. The molecule has 0 bridgehead atoms. The number of imidazole rings is 1. The van der Waals surface area contributed by atoms with Gasteiger partial charge in [0.2, 0.25) is 0 Å². The first kappa shape index (κ1) is 14.9. The Hall–Kier alpha value is -2.24. The number of unbranched alkanes of at least 4 members (excludes halogenated alkanes) is 1. The van der Waals surface area contributed by atoms with Gasteiger partial charge in [0.15, 0.2) is 0 Å². The second kappa shape index (κ2) is 7.98. The number of hydrogen-bond donors (Lipinski definition) is 2. The molecule has 0 spiro atoms. The van der Waals surface area contributed by atoms with E-state index in [4.69, 9.17) is 13.5 Å². The van der Waals surface area contributed by atoms with E-state index in [2.05, 4.69) is 20.9 Å². The number of nitrogens with one attached hydrogen (secondary N) is 1. The molecular formula is C21H27N5. The molecule has 1 aromatic carbocycles. The fourth-order valence-corrected chi connectivity index (χ4v) is 3.90. The van der Waals surface area contributed by atoms with Crippen molar-refractivity contribution in [3.63, 3.8) is 0 Å². The van der Waals surface area contributed by atoms with E-state index in [-0.39, 0.29) is 18.1 Å². The van der Waals surface area contributed by atoms with Gasteiger partial charge in [-0.3, -0.25) is 9.88 Å². The van der Waals surface area contributed by atoms with E-state index in [9.17, 15) is 0 Å². The fourth-order valence-electron chi connectivity index (χ4n) is 3.90. The van der Waals surface area contributed by atoms with E-state index in [1.807, 2.05) is 18.3 Å². The minimum absolute atomic E-state index is 0.180. The predicted molar refractivity (Wildman–Crippen MR) is 105 cm³/mol. The third-order valence-electron chi connectivity index (χ3n) is 5.16. The van der Waals surface area contributed by atoms with Crippen LogP contribution in [-0.2, 0) is 13.0 Å². The second-order valence-corrected chi connectivity index (χ2v) is 6.97. The summed E-state index contributed by atoms with van der Waals surface area (Å²) in [7, 11) is 0. The summed E-state index contributed by atoms with van der Waals surface area (Å²) in [5, 5.41) is 0. The number of benzene rings is 1. The molecule has 0 saturated heterocycles. The Bertz CT molecular complexity index is 955. The number of pyridine rings is 1. The summed E-state index contributed by atoms with van der Waals surface area (Å²) in [6, 6.07) is 8.35. The number of nitrogens with zero attached hydrogens (tertiary/aromatic N) is 3. The predicted octanol–water partition coefficient (Wildman–Crippen LogP) is 3.58. The van der Waals surface area contributed by atoms with Gasteiger partial charge in [-0.05, 0) is 68.9 Å². The van der Waals surface area contributed by atoms with Gasteiger partial charge < -0.3 is 10.7 Å². The van der Waals surface area contributed by atoms with Crippen LogP contribution < -0.4 is 5.73 Å². The molecule has 0 aliphatic heterocycles. The minimum Gasteiger partial charge on any atom is -0.341 e. The van der Waals surface area contributed by atoms with Gasteiger partial charge in [0.1, 0.15) is 5.82 Å². The minimum atomic E-state index is 0.180. The van der Waals surface area contributed by atoms with Crippen LogP contribution >= 0.6 is 0 Å².